The van der Waals surface area contributed by atoms with E-state index in [9.17, 15) is 4.39 Å². The van der Waals surface area contributed by atoms with E-state index in [4.69, 9.17) is 12.2 Å². The summed E-state index contributed by atoms with van der Waals surface area (Å²) in [5, 5.41) is 4.69. The Morgan fingerprint density at radius 3 is 2.76 bits per heavy atom. The second kappa shape index (κ2) is 7.61. The maximum Gasteiger partial charge on any atom is 0.168 e. The molecule has 0 bridgehead atoms. The number of aryl methyl sites for hydroxylation is 1. The zero-order valence-electron chi connectivity index (χ0n) is 14.3. The molecule has 0 aliphatic rings. The average Bonchev–Trinajstić information content (AvgIpc) is 2.93. The van der Waals surface area contributed by atoms with Gasteiger partial charge in [0.05, 0.1) is 0 Å². The molecule has 0 aliphatic carbocycles. The molecule has 3 rings (SSSR count). The molecule has 2 aromatic heterocycles. The fourth-order valence-electron chi connectivity index (χ4n) is 3.04. The molecule has 25 heavy (non-hydrogen) atoms. The quantitative estimate of drug-likeness (QED) is 0.686. The SMILES string of the molecule is CNC(=S)N(CCc1c(C)[nH]c2ccc(F)cc12)Cc1ccncc1. The van der Waals surface area contributed by atoms with Crippen LogP contribution in [-0.2, 0) is 13.0 Å². The van der Waals surface area contributed by atoms with E-state index in [0.717, 1.165) is 40.7 Å². The second-order valence-corrected chi connectivity index (χ2v) is 6.39. The number of benzene rings is 1. The van der Waals surface area contributed by atoms with E-state index in [2.05, 4.69) is 20.2 Å². The number of hydrogen-bond donors (Lipinski definition) is 2. The van der Waals surface area contributed by atoms with Crippen LogP contribution in [0.25, 0.3) is 10.9 Å². The Morgan fingerprint density at radius 1 is 1.28 bits per heavy atom. The van der Waals surface area contributed by atoms with Crippen LogP contribution in [0.5, 0.6) is 0 Å². The number of hydrogen-bond acceptors (Lipinski definition) is 2. The molecule has 0 saturated heterocycles. The van der Waals surface area contributed by atoms with Crippen LogP contribution in [0.3, 0.4) is 0 Å². The summed E-state index contributed by atoms with van der Waals surface area (Å²) in [6, 6.07) is 8.83. The first-order valence-corrected chi connectivity index (χ1v) is 8.61. The molecular weight excluding hydrogens is 335 g/mol. The minimum Gasteiger partial charge on any atom is -0.366 e. The van der Waals surface area contributed by atoms with E-state index in [1.54, 1.807) is 24.5 Å². The Kier molecular flexibility index (Phi) is 5.28. The molecule has 0 amide bonds. The Balaban J connectivity index is 1.80. The van der Waals surface area contributed by atoms with E-state index in [-0.39, 0.29) is 5.82 Å². The van der Waals surface area contributed by atoms with Crippen molar-refractivity contribution < 1.29 is 4.39 Å². The van der Waals surface area contributed by atoms with E-state index in [0.29, 0.717) is 11.7 Å². The fraction of sp³-hybridized carbons (Fsp3) is 0.263. The standard InChI is InChI=1S/C19H21FN4S/c1-13-16(17-11-15(20)3-4-18(17)23-13)7-10-24(19(25)21-2)12-14-5-8-22-9-6-14/h3-6,8-9,11,23H,7,10,12H2,1-2H3,(H,21,25). The van der Waals surface area contributed by atoms with E-state index in [1.807, 2.05) is 26.1 Å². The predicted molar refractivity (Wildman–Crippen MR) is 103 cm³/mol. The zero-order valence-corrected chi connectivity index (χ0v) is 15.2. The minimum absolute atomic E-state index is 0.216. The molecule has 0 unspecified atom stereocenters. The molecule has 0 fully saturated rings. The molecule has 130 valence electrons. The largest absolute Gasteiger partial charge is 0.366 e. The molecule has 1 aromatic carbocycles. The molecule has 6 heteroatoms. The van der Waals surface area contributed by atoms with Gasteiger partial charge in [-0.1, -0.05) is 0 Å². The van der Waals surface area contributed by atoms with Gasteiger partial charge in [0.2, 0.25) is 0 Å². The number of halogens is 1. The maximum absolute atomic E-state index is 13.6. The molecule has 0 radical (unpaired) electrons. The van der Waals surface area contributed by atoms with Crippen LogP contribution >= 0.6 is 12.2 Å². The lowest BCUT2D eigenvalue weighted by Crippen LogP contribution is -2.38. The van der Waals surface area contributed by atoms with Gasteiger partial charge in [0, 0.05) is 49.1 Å². The Bertz CT molecular complexity index is 876. The van der Waals surface area contributed by atoms with Crippen molar-refractivity contribution in [1.29, 1.82) is 0 Å². The number of aromatic nitrogens is 2. The number of nitrogens with zero attached hydrogens (tertiary/aromatic N) is 2. The van der Waals surface area contributed by atoms with Gasteiger partial charge < -0.3 is 15.2 Å². The van der Waals surface area contributed by atoms with Crippen molar-refractivity contribution in [3.8, 4) is 0 Å². The highest BCUT2D eigenvalue weighted by Gasteiger charge is 2.14. The van der Waals surface area contributed by atoms with Crippen molar-refractivity contribution in [3.05, 3.63) is 65.4 Å². The van der Waals surface area contributed by atoms with Crippen LogP contribution in [0.2, 0.25) is 0 Å². The highest BCUT2D eigenvalue weighted by molar-refractivity contribution is 7.80. The van der Waals surface area contributed by atoms with Crippen molar-refractivity contribution >= 4 is 28.2 Å². The summed E-state index contributed by atoms with van der Waals surface area (Å²) in [5.41, 5.74) is 4.31. The summed E-state index contributed by atoms with van der Waals surface area (Å²) in [6.45, 7) is 3.47. The molecule has 0 spiro atoms. The third-order valence-electron chi connectivity index (χ3n) is 4.34. The van der Waals surface area contributed by atoms with Gasteiger partial charge in [-0.2, -0.15) is 0 Å². The Hall–Kier alpha value is -2.47. The smallest absolute Gasteiger partial charge is 0.168 e. The van der Waals surface area contributed by atoms with Crippen molar-refractivity contribution in [2.45, 2.75) is 19.9 Å². The Morgan fingerprint density at radius 2 is 2.04 bits per heavy atom. The zero-order chi connectivity index (χ0) is 17.8. The number of aromatic amines is 1. The topological polar surface area (TPSA) is 44.0 Å². The van der Waals surface area contributed by atoms with Gasteiger partial charge in [0.25, 0.3) is 0 Å². The average molecular weight is 356 g/mol. The van der Waals surface area contributed by atoms with Crippen molar-refractivity contribution in [2.75, 3.05) is 13.6 Å². The maximum atomic E-state index is 13.6. The second-order valence-electron chi connectivity index (χ2n) is 6.00. The lowest BCUT2D eigenvalue weighted by molar-refractivity contribution is 0.413. The number of nitrogens with one attached hydrogen (secondary N) is 2. The minimum atomic E-state index is -0.216. The molecule has 2 N–H and O–H groups in total. The predicted octanol–water partition coefficient (Wildman–Crippen LogP) is 3.56. The third-order valence-corrected chi connectivity index (χ3v) is 4.80. The number of pyridine rings is 1. The summed E-state index contributed by atoms with van der Waals surface area (Å²) in [7, 11) is 1.83. The van der Waals surface area contributed by atoms with Gasteiger partial charge >= 0.3 is 0 Å². The monoisotopic (exact) mass is 356 g/mol. The van der Waals surface area contributed by atoms with E-state index < -0.39 is 0 Å². The van der Waals surface area contributed by atoms with Crippen molar-refractivity contribution in [1.82, 2.24) is 20.2 Å². The normalized spacial score (nSPS) is 10.8. The molecule has 4 nitrogen and oxygen atoms in total. The van der Waals surface area contributed by atoms with Gasteiger partial charge in [0.15, 0.2) is 5.11 Å². The Labute approximate surface area is 152 Å². The van der Waals surface area contributed by atoms with Crippen LogP contribution in [0, 0.1) is 12.7 Å². The number of H-pyrrole nitrogens is 1. The van der Waals surface area contributed by atoms with E-state index in [1.165, 1.54) is 6.07 Å². The molecule has 0 atom stereocenters. The van der Waals surface area contributed by atoms with Gasteiger partial charge in [-0.25, -0.2) is 4.39 Å². The summed E-state index contributed by atoms with van der Waals surface area (Å²) in [5.74, 6) is -0.216. The summed E-state index contributed by atoms with van der Waals surface area (Å²) < 4.78 is 13.6. The lowest BCUT2D eigenvalue weighted by atomic mass is 10.1. The summed E-state index contributed by atoms with van der Waals surface area (Å²) in [4.78, 5) is 9.49. The van der Waals surface area contributed by atoms with Crippen LogP contribution in [-0.4, -0.2) is 33.6 Å². The first-order valence-electron chi connectivity index (χ1n) is 8.20. The van der Waals surface area contributed by atoms with Crippen LogP contribution < -0.4 is 5.32 Å². The van der Waals surface area contributed by atoms with E-state index >= 15 is 0 Å². The first-order chi connectivity index (χ1) is 12.1. The molecule has 0 aliphatic heterocycles. The fourth-order valence-corrected chi connectivity index (χ4v) is 3.20. The van der Waals surface area contributed by atoms with Gasteiger partial charge in [-0.3, -0.25) is 4.98 Å². The van der Waals surface area contributed by atoms with Crippen LogP contribution in [0.4, 0.5) is 4.39 Å². The van der Waals surface area contributed by atoms with Gasteiger partial charge in [-0.15, -0.1) is 0 Å². The number of thiocarbonyl (C=S) groups is 1. The summed E-state index contributed by atoms with van der Waals surface area (Å²) in [6.07, 6.45) is 4.34. The highest BCUT2D eigenvalue weighted by atomic mass is 32.1. The van der Waals surface area contributed by atoms with Gasteiger partial charge in [-0.05, 0) is 67.0 Å². The molecular formula is C19H21FN4S. The highest BCUT2D eigenvalue weighted by Crippen LogP contribution is 2.24. The van der Waals surface area contributed by atoms with Crippen LogP contribution in [0.15, 0.2) is 42.7 Å². The van der Waals surface area contributed by atoms with Crippen molar-refractivity contribution in [2.24, 2.45) is 0 Å². The molecule has 3 aromatic rings. The molecule has 2 heterocycles. The van der Waals surface area contributed by atoms with Gasteiger partial charge in [0.1, 0.15) is 5.82 Å². The molecule has 0 saturated carbocycles. The number of rotatable bonds is 5. The van der Waals surface area contributed by atoms with Crippen molar-refractivity contribution in [3.63, 3.8) is 0 Å². The van der Waals surface area contributed by atoms with Crippen LogP contribution in [0.1, 0.15) is 16.8 Å². The lowest BCUT2D eigenvalue weighted by Gasteiger charge is -2.25. The first kappa shape index (κ1) is 17.4. The third kappa shape index (κ3) is 3.96. The number of fused-ring (bicyclic) bond motifs is 1. The summed E-state index contributed by atoms with van der Waals surface area (Å²) >= 11 is 5.45.